The van der Waals surface area contributed by atoms with Crippen molar-refractivity contribution in [3.05, 3.63) is 22.9 Å². The van der Waals surface area contributed by atoms with Crippen molar-refractivity contribution in [2.75, 3.05) is 24.5 Å². The number of anilines is 1. The monoisotopic (exact) mass is 347 g/mol. The highest BCUT2D eigenvalue weighted by Crippen LogP contribution is 2.25. The molecule has 140 valence electrons. The molecule has 0 aliphatic carbocycles. The van der Waals surface area contributed by atoms with Crippen molar-refractivity contribution in [1.29, 1.82) is 0 Å². The van der Waals surface area contributed by atoms with Crippen molar-refractivity contribution in [2.24, 2.45) is 11.7 Å². The Hall–Kier alpha value is -1.66. The molecule has 1 fully saturated rings. The van der Waals surface area contributed by atoms with Crippen LogP contribution in [0.2, 0.25) is 0 Å². The first-order valence-corrected chi connectivity index (χ1v) is 9.31. The first kappa shape index (κ1) is 19.7. The van der Waals surface area contributed by atoms with Crippen molar-refractivity contribution in [3.8, 4) is 0 Å². The normalized spacial score (nSPS) is 17.0. The van der Waals surface area contributed by atoms with Crippen molar-refractivity contribution >= 4 is 11.7 Å². The summed E-state index contributed by atoms with van der Waals surface area (Å²) in [5.41, 5.74) is 8.33. The molecule has 1 saturated heterocycles. The Labute approximate surface area is 151 Å². The molecule has 2 rings (SSSR count). The summed E-state index contributed by atoms with van der Waals surface area (Å²) < 4.78 is 0. The fourth-order valence-corrected chi connectivity index (χ4v) is 3.08. The van der Waals surface area contributed by atoms with Gasteiger partial charge in [0.25, 0.3) is 5.91 Å². The average molecular weight is 348 g/mol. The van der Waals surface area contributed by atoms with E-state index in [4.69, 9.17) is 10.7 Å². The lowest BCUT2D eigenvalue weighted by Crippen LogP contribution is -2.45. The number of carbonyl (C=O) groups excluding carboxylic acids is 1. The highest BCUT2D eigenvalue weighted by atomic mass is 16.1. The van der Waals surface area contributed by atoms with Crippen LogP contribution in [-0.4, -0.2) is 42.7 Å². The van der Waals surface area contributed by atoms with Crippen LogP contribution >= 0.6 is 0 Å². The van der Waals surface area contributed by atoms with Crippen molar-refractivity contribution in [3.63, 3.8) is 0 Å². The van der Waals surface area contributed by atoms with Gasteiger partial charge in [-0.05, 0) is 57.7 Å². The highest BCUT2D eigenvalue weighted by molar-refractivity contribution is 5.99. The molecule has 1 aromatic heterocycles. The van der Waals surface area contributed by atoms with Crippen molar-refractivity contribution in [1.82, 2.24) is 15.6 Å². The maximum absolute atomic E-state index is 12.6. The van der Waals surface area contributed by atoms with Gasteiger partial charge in [-0.1, -0.05) is 13.8 Å². The Morgan fingerprint density at radius 2 is 1.96 bits per heavy atom. The standard InChI is InChI=1S/C19H33N5O/c1-12(2)11-21-16-6-8-24(9-7-16)18-17(19(25)23-15(5)20)10-13(3)14(4)22-18/h10,12,15-16,21H,6-9,11,20H2,1-5H3,(H,23,25). The number of aryl methyl sites for hydroxylation is 2. The van der Waals surface area contributed by atoms with E-state index in [1.165, 1.54) is 0 Å². The van der Waals surface area contributed by atoms with Gasteiger partial charge in [0.15, 0.2) is 0 Å². The summed E-state index contributed by atoms with van der Waals surface area (Å²) in [5.74, 6) is 1.29. The Balaban J connectivity index is 2.13. The second kappa shape index (κ2) is 8.63. The van der Waals surface area contributed by atoms with E-state index in [1.54, 1.807) is 6.92 Å². The number of piperidine rings is 1. The van der Waals surface area contributed by atoms with E-state index in [0.717, 1.165) is 49.6 Å². The fourth-order valence-electron chi connectivity index (χ4n) is 3.08. The SMILES string of the molecule is Cc1cc(C(=O)NC(C)N)c(N2CCC(NCC(C)C)CC2)nc1C. The van der Waals surface area contributed by atoms with Gasteiger partial charge >= 0.3 is 0 Å². The zero-order valence-corrected chi connectivity index (χ0v) is 16.2. The molecule has 4 N–H and O–H groups in total. The molecule has 0 radical (unpaired) electrons. The van der Waals surface area contributed by atoms with Crippen LogP contribution in [0.3, 0.4) is 0 Å². The van der Waals surface area contributed by atoms with Gasteiger partial charge in [-0.2, -0.15) is 0 Å². The highest BCUT2D eigenvalue weighted by Gasteiger charge is 2.25. The predicted octanol–water partition coefficient (Wildman–Crippen LogP) is 1.95. The van der Waals surface area contributed by atoms with Crippen LogP contribution in [0, 0.1) is 19.8 Å². The summed E-state index contributed by atoms with van der Waals surface area (Å²) >= 11 is 0. The predicted molar refractivity (Wildman–Crippen MR) is 103 cm³/mol. The maximum atomic E-state index is 12.6. The van der Waals surface area contributed by atoms with Crippen LogP contribution in [0.1, 0.15) is 55.2 Å². The van der Waals surface area contributed by atoms with Gasteiger partial charge in [-0.15, -0.1) is 0 Å². The van der Waals surface area contributed by atoms with Crippen LogP contribution in [0.4, 0.5) is 5.82 Å². The molecule has 1 aromatic rings. The molecule has 25 heavy (non-hydrogen) atoms. The molecule has 6 heteroatoms. The van der Waals surface area contributed by atoms with E-state index in [2.05, 4.69) is 29.4 Å². The van der Waals surface area contributed by atoms with Crippen LogP contribution < -0.4 is 21.3 Å². The molecule has 0 spiro atoms. The van der Waals surface area contributed by atoms with Gasteiger partial charge in [0.1, 0.15) is 5.82 Å². The summed E-state index contributed by atoms with van der Waals surface area (Å²) in [6, 6.07) is 2.48. The van der Waals surface area contributed by atoms with Gasteiger partial charge < -0.3 is 21.3 Å². The number of carbonyl (C=O) groups is 1. The minimum Gasteiger partial charge on any atom is -0.356 e. The van der Waals surface area contributed by atoms with E-state index >= 15 is 0 Å². The summed E-state index contributed by atoms with van der Waals surface area (Å²) in [5, 5.41) is 6.42. The number of aromatic nitrogens is 1. The quantitative estimate of drug-likeness (QED) is 0.685. The van der Waals surface area contributed by atoms with Crippen LogP contribution in [0.5, 0.6) is 0 Å². The average Bonchev–Trinajstić information content (AvgIpc) is 2.55. The Morgan fingerprint density at radius 1 is 1.32 bits per heavy atom. The number of rotatable bonds is 6. The Morgan fingerprint density at radius 3 is 2.52 bits per heavy atom. The largest absolute Gasteiger partial charge is 0.356 e. The molecule has 6 nitrogen and oxygen atoms in total. The number of hydrogen-bond donors (Lipinski definition) is 3. The molecule has 0 bridgehead atoms. The zero-order valence-electron chi connectivity index (χ0n) is 16.2. The third-order valence-electron chi connectivity index (χ3n) is 4.66. The third kappa shape index (κ3) is 5.41. The van der Waals surface area contributed by atoms with Crippen LogP contribution in [-0.2, 0) is 0 Å². The van der Waals surface area contributed by atoms with E-state index in [-0.39, 0.29) is 12.1 Å². The lowest BCUT2D eigenvalue weighted by atomic mass is 10.0. The molecule has 2 heterocycles. The third-order valence-corrected chi connectivity index (χ3v) is 4.66. The van der Waals surface area contributed by atoms with Gasteiger partial charge in [-0.3, -0.25) is 4.79 Å². The summed E-state index contributed by atoms with van der Waals surface area (Å²) in [6.07, 6.45) is 1.75. The minimum atomic E-state index is -0.382. The lowest BCUT2D eigenvalue weighted by Gasteiger charge is -2.34. The first-order valence-electron chi connectivity index (χ1n) is 9.31. The van der Waals surface area contributed by atoms with Gasteiger partial charge in [0.2, 0.25) is 0 Å². The van der Waals surface area contributed by atoms with E-state index in [9.17, 15) is 4.79 Å². The molecule has 1 aliphatic rings. The molecule has 1 atom stereocenters. The number of nitrogens with zero attached hydrogens (tertiary/aromatic N) is 2. The summed E-state index contributed by atoms with van der Waals surface area (Å²) in [7, 11) is 0. The second-order valence-electron chi connectivity index (χ2n) is 7.59. The second-order valence-corrected chi connectivity index (χ2v) is 7.59. The summed E-state index contributed by atoms with van der Waals surface area (Å²) in [6.45, 7) is 13.1. The van der Waals surface area contributed by atoms with Crippen molar-refractivity contribution < 1.29 is 4.79 Å². The topological polar surface area (TPSA) is 83.3 Å². The zero-order chi connectivity index (χ0) is 18.6. The van der Waals surface area contributed by atoms with E-state index in [1.807, 2.05) is 19.9 Å². The smallest absolute Gasteiger partial charge is 0.256 e. The molecule has 1 unspecified atom stereocenters. The molecule has 1 amide bonds. The molecular formula is C19H33N5O. The summed E-state index contributed by atoms with van der Waals surface area (Å²) in [4.78, 5) is 19.5. The molecule has 0 aromatic carbocycles. The van der Waals surface area contributed by atoms with E-state index in [0.29, 0.717) is 17.5 Å². The van der Waals surface area contributed by atoms with Gasteiger partial charge in [0.05, 0.1) is 11.7 Å². The number of nitrogens with one attached hydrogen (secondary N) is 2. The van der Waals surface area contributed by atoms with Gasteiger partial charge in [0, 0.05) is 24.8 Å². The van der Waals surface area contributed by atoms with Gasteiger partial charge in [-0.25, -0.2) is 4.98 Å². The first-order chi connectivity index (χ1) is 11.8. The number of nitrogens with two attached hydrogens (primary N) is 1. The fraction of sp³-hybridized carbons (Fsp3) is 0.684. The lowest BCUT2D eigenvalue weighted by molar-refractivity contribution is 0.0941. The Kier molecular flexibility index (Phi) is 6.79. The molecule has 1 aliphatic heterocycles. The molecule has 0 saturated carbocycles. The number of pyridine rings is 1. The minimum absolute atomic E-state index is 0.152. The van der Waals surface area contributed by atoms with Crippen molar-refractivity contribution in [2.45, 2.75) is 59.7 Å². The maximum Gasteiger partial charge on any atom is 0.256 e. The van der Waals surface area contributed by atoms with Crippen LogP contribution in [0.25, 0.3) is 0 Å². The molecular weight excluding hydrogens is 314 g/mol. The Bertz CT molecular complexity index is 592. The number of hydrogen-bond acceptors (Lipinski definition) is 5. The van der Waals surface area contributed by atoms with E-state index < -0.39 is 0 Å². The number of amides is 1. The van der Waals surface area contributed by atoms with Crippen LogP contribution in [0.15, 0.2) is 6.07 Å².